The summed E-state index contributed by atoms with van der Waals surface area (Å²) in [4.78, 5) is 28.5. The Bertz CT molecular complexity index is 1090. The highest BCUT2D eigenvalue weighted by molar-refractivity contribution is 9.10. The number of fused-ring (bicyclic) bond motifs is 1. The summed E-state index contributed by atoms with van der Waals surface area (Å²) in [6.07, 6.45) is 4.63. The minimum atomic E-state index is -0.539. The summed E-state index contributed by atoms with van der Waals surface area (Å²) in [6.45, 7) is 1.81. The first-order chi connectivity index (χ1) is 13.0. The molecule has 0 spiro atoms. The van der Waals surface area contributed by atoms with Crippen molar-refractivity contribution in [3.8, 4) is 5.75 Å². The number of aryl methyl sites for hydroxylation is 1. The van der Waals surface area contributed by atoms with E-state index in [0.717, 1.165) is 15.6 Å². The molecule has 0 amide bonds. The molecule has 0 saturated carbocycles. The molecule has 0 atom stereocenters. The Hall–Kier alpha value is -2.93. The number of hydrogen-bond acceptors (Lipinski definition) is 5. The number of nitrogens with zero attached hydrogens (tertiary/aromatic N) is 2. The Morgan fingerprint density at radius 2 is 2.07 bits per heavy atom. The van der Waals surface area contributed by atoms with E-state index < -0.39 is 5.97 Å². The van der Waals surface area contributed by atoms with Gasteiger partial charge in [-0.3, -0.25) is 9.20 Å². The number of halogens is 1. The molecule has 0 radical (unpaired) electrons. The van der Waals surface area contributed by atoms with Gasteiger partial charge in [0.15, 0.2) is 0 Å². The fourth-order valence-electron chi connectivity index (χ4n) is 2.52. The quantitative estimate of drug-likeness (QED) is 0.459. The number of aromatic nitrogens is 2. The van der Waals surface area contributed by atoms with E-state index in [1.54, 1.807) is 31.5 Å². The summed E-state index contributed by atoms with van der Waals surface area (Å²) < 4.78 is 12.8. The van der Waals surface area contributed by atoms with Gasteiger partial charge in [-0.2, -0.15) is 0 Å². The van der Waals surface area contributed by atoms with E-state index in [-0.39, 0.29) is 12.2 Å². The molecule has 138 valence electrons. The van der Waals surface area contributed by atoms with Gasteiger partial charge in [-0.05, 0) is 42.8 Å². The molecule has 0 fully saturated rings. The molecule has 2 heterocycles. The molecule has 2 aromatic heterocycles. The lowest BCUT2D eigenvalue weighted by Crippen LogP contribution is -2.16. The van der Waals surface area contributed by atoms with Crippen LogP contribution < -0.4 is 10.3 Å². The summed E-state index contributed by atoms with van der Waals surface area (Å²) >= 11 is 3.38. The standard InChI is InChI=1S/C20H17BrN2O4/c1-13-3-7-18-22-16(10-19(24)23(18)11-13)12-27-20(25)8-4-14-9-15(21)5-6-17(14)26-2/h3-11H,12H2,1-2H3/b8-4+. The van der Waals surface area contributed by atoms with Gasteiger partial charge in [-0.25, -0.2) is 9.78 Å². The van der Waals surface area contributed by atoms with Crippen molar-refractivity contribution in [2.45, 2.75) is 13.5 Å². The number of ether oxygens (including phenoxy) is 2. The number of esters is 1. The van der Waals surface area contributed by atoms with Crippen LogP contribution in [0.25, 0.3) is 11.7 Å². The molecule has 0 aliphatic heterocycles. The fourth-order valence-corrected chi connectivity index (χ4v) is 2.90. The van der Waals surface area contributed by atoms with Crippen LogP contribution in [0.2, 0.25) is 0 Å². The largest absolute Gasteiger partial charge is 0.496 e. The molecular formula is C20H17BrN2O4. The van der Waals surface area contributed by atoms with Crippen LogP contribution in [-0.4, -0.2) is 22.5 Å². The van der Waals surface area contributed by atoms with Crippen LogP contribution in [0.5, 0.6) is 5.75 Å². The maximum atomic E-state index is 12.2. The lowest BCUT2D eigenvalue weighted by atomic mass is 10.2. The van der Waals surface area contributed by atoms with E-state index >= 15 is 0 Å². The van der Waals surface area contributed by atoms with Gasteiger partial charge < -0.3 is 9.47 Å². The lowest BCUT2D eigenvalue weighted by Gasteiger charge is -2.06. The summed E-state index contributed by atoms with van der Waals surface area (Å²) in [6, 6.07) is 10.5. The normalized spacial score (nSPS) is 11.1. The third kappa shape index (κ3) is 4.62. The number of pyridine rings is 1. The molecule has 0 aliphatic carbocycles. The molecule has 0 saturated heterocycles. The zero-order valence-corrected chi connectivity index (χ0v) is 16.4. The molecule has 0 N–H and O–H groups in total. The topological polar surface area (TPSA) is 69.9 Å². The number of carbonyl (C=O) groups excluding carboxylic acids is 1. The third-order valence-electron chi connectivity index (χ3n) is 3.81. The van der Waals surface area contributed by atoms with Crippen LogP contribution in [0.4, 0.5) is 0 Å². The van der Waals surface area contributed by atoms with Crippen molar-refractivity contribution in [2.24, 2.45) is 0 Å². The van der Waals surface area contributed by atoms with Gasteiger partial charge in [0, 0.05) is 28.4 Å². The first-order valence-electron chi connectivity index (χ1n) is 8.13. The van der Waals surface area contributed by atoms with Gasteiger partial charge in [0.25, 0.3) is 5.56 Å². The van der Waals surface area contributed by atoms with Gasteiger partial charge >= 0.3 is 5.97 Å². The number of methoxy groups -OCH3 is 1. The molecular weight excluding hydrogens is 412 g/mol. The van der Waals surface area contributed by atoms with Crippen LogP contribution in [0, 0.1) is 6.92 Å². The summed E-state index contributed by atoms with van der Waals surface area (Å²) in [5.74, 6) is 0.102. The van der Waals surface area contributed by atoms with Crippen molar-refractivity contribution >= 4 is 33.6 Å². The molecule has 3 aromatic rings. The Labute approximate surface area is 164 Å². The fraction of sp³-hybridized carbons (Fsp3) is 0.150. The zero-order valence-electron chi connectivity index (χ0n) is 14.8. The van der Waals surface area contributed by atoms with E-state index in [4.69, 9.17) is 9.47 Å². The molecule has 0 aliphatic rings. The minimum absolute atomic E-state index is 0.0849. The summed E-state index contributed by atoms with van der Waals surface area (Å²) in [5, 5.41) is 0. The van der Waals surface area contributed by atoms with E-state index in [9.17, 15) is 9.59 Å². The highest BCUT2D eigenvalue weighted by Gasteiger charge is 2.06. The van der Waals surface area contributed by atoms with Crippen molar-refractivity contribution in [1.29, 1.82) is 0 Å². The SMILES string of the molecule is COc1ccc(Br)cc1/C=C/C(=O)OCc1cc(=O)n2cc(C)ccc2n1. The smallest absolute Gasteiger partial charge is 0.331 e. The van der Waals surface area contributed by atoms with Gasteiger partial charge in [0.1, 0.15) is 18.0 Å². The predicted molar refractivity (Wildman–Crippen MR) is 106 cm³/mol. The van der Waals surface area contributed by atoms with Crippen LogP contribution in [0.15, 0.2) is 57.9 Å². The molecule has 1 aromatic carbocycles. The average molecular weight is 429 g/mol. The molecule has 7 heteroatoms. The van der Waals surface area contributed by atoms with Crippen molar-refractivity contribution < 1.29 is 14.3 Å². The van der Waals surface area contributed by atoms with Gasteiger partial charge in [0.05, 0.1) is 12.8 Å². The monoisotopic (exact) mass is 428 g/mol. The first kappa shape index (κ1) is 18.8. The number of benzene rings is 1. The third-order valence-corrected chi connectivity index (χ3v) is 4.31. The first-order valence-corrected chi connectivity index (χ1v) is 8.93. The Morgan fingerprint density at radius 3 is 2.85 bits per heavy atom. The van der Waals surface area contributed by atoms with Crippen LogP contribution in [-0.2, 0) is 16.1 Å². The van der Waals surface area contributed by atoms with E-state index in [2.05, 4.69) is 20.9 Å². The number of carbonyl (C=O) groups is 1. The van der Waals surface area contributed by atoms with Crippen LogP contribution in [0.3, 0.4) is 0 Å². The highest BCUT2D eigenvalue weighted by atomic mass is 79.9. The van der Waals surface area contributed by atoms with Crippen molar-refractivity contribution in [3.63, 3.8) is 0 Å². The van der Waals surface area contributed by atoms with Crippen LogP contribution >= 0.6 is 15.9 Å². The predicted octanol–water partition coefficient (Wildman–Crippen LogP) is 3.53. The Morgan fingerprint density at radius 1 is 1.26 bits per heavy atom. The molecule has 3 rings (SSSR count). The van der Waals surface area contributed by atoms with E-state index in [0.29, 0.717) is 17.1 Å². The van der Waals surface area contributed by atoms with Gasteiger partial charge in [-0.1, -0.05) is 22.0 Å². The second kappa shape index (κ2) is 8.18. The lowest BCUT2D eigenvalue weighted by molar-refractivity contribution is -0.139. The van der Waals surface area contributed by atoms with Gasteiger partial charge in [0.2, 0.25) is 0 Å². The molecule has 0 unspecified atom stereocenters. The van der Waals surface area contributed by atoms with Crippen molar-refractivity contribution in [1.82, 2.24) is 9.38 Å². The number of rotatable bonds is 5. The Kier molecular flexibility index (Phi) is 5.71. The second-order valence-corrected chi connectivity index (χ2v) is 6.76. The average Bonchev–Trinajstić information content (AvgIpc) is 2.65. The second-order valence-electron chi connectivity index (χ2n) is 5.85. The summed E-state index contributed by atoms with van der Waals surface area (Å²) in [7, 11) is 1.56. The molecule has 27 heavy (non-hydrogen) atoms. The van der Waals surface area contributed by atoms with Crippen molar-refractivity contribution in [2.75, 3.05) is 7.11 Å². The number of hydrogen-bond donors (Lipinski definition) is 0. The maximum absolute atomic E-state index is 12.2. The molecule has 0 bridgehead atoms. The minimum Gasteiger partial charge on any atom is -0.496 e. The van der Waals surface area contributed by atoms with Gasteiger partial charge in [-0.15, -0.1) is 0 Å². The van der Waals surface area contributed by atoms with Crippen molar-refractivity contribution in [3.05, 3.63) is 80.3 Å². The molecule has 6 nitrogen and oxygen atoms in total. The van der Waals surface area contributed by atoms with E-state index in [1.165, 1.54) is 16.5 Å². The summed E-state index contributed by atoms with van der Waals surface area (Å²) in [5.41, 5.74) is 2.38. The van der Waals surface area contributed by atoms with Crippen LogP contribution in [0.1, 0.15) is 16.8 Å². The van der Waals surface area contributed by atoms with E-state index in [1.807, 2.05) is 25.1 Å². The maximum Gasteiger partial charge on any atom is 0.331 e. The highest BCUT2D eigenvalue weighted by Crippen LogP contribution is 2.24. The zero-order chi connectivity index (χ0) is 19.4. The Balaban J connectivity index is 1.71.